The van der Waals surface area contributed by atoms with Crippen molar-refractivity contribution in [2.45, 2.75) is 32.5 Å². The molecule has 0 radical (unpaired) electrons. The number of aromatic nitrogens is 1. The summed E-state index contributed by atoms with van der Waals surface area (Å²) in [4.78, 5) is 5.25. The fourth-order valence-electron chi connectivity index (χ4n) is 1.06. The molecule has 0 aromatic carbocycles. The van der Waals surface area contributed by atoms with Gasteiger partial charge in [0.25, 0.3) is 0 Å². The van der Waals surface area contributed by atoms with E-state index in [1.807, 2.05) is 13.8 Å². The van der Waals surface area contributed by atoms with Gasteiger partial charge in [0.05, 0.1) is 11.8 Å². The molecule has 0 spiro atoms. The SMILES string of the molecule is Cc1nc(C(O)C(O)CCCl)sc1C. The zero-order valence-electron chi connectivity index (χ0n) is 8.20. The third kappa shape index (κ3) is 2.67. The number of nitrogens with zero attached hydrogens (tertiary/aromatic N) is 1. The van der Waals surface area contributed by atoms with Crippen molar-refractivity contribution in [3.63, 3.8) is 0 Å². The smallest absolute Gasteiger partial charge is 0.131 e. The Bertz CT molecular complexity index is 284. The first kappa shape index (κ1) is 11.9. The monoisotopic (exact) mass is 235 g/mol. The number of rotatable bonds is 4. The van der Waals surface area contributed by atoms with Gasteiger partial charge in [-0.15, -0.1) is 22.9 Å². The van der Waals surface area contributed by atoms with Crippen molar-refractivity contribution in [3.05, 3.63) is 15.6 Å². The molecule has 0 saturated carbocycles. The lowest BCUT2D eigenvalue weighted by atomic mass is 10.1. The van der Waals surface area contributed by atoms with E-state index in [0.717, 1.165) is 10.6 Å². The Hall–Kier alpha value is -0.160. The molecule has 14 heavy (non-hydrogen) atoms. The molecule has 5 heteroatoms. The number of hydrogen-bond acceptors (Lipinski definition) is 4. The van der Waals surface area contributed by atoms with Crippen LogP contribution in [0, 0.1) is 13.8 Å². The summed E-state index contributed by atoms with van der Waals surface area (Å²) in [6.07, 6.45) is -1.36. The fraction of sp³-hybridized carbons (Fsp3) is 0.667. The van der Waals surface area contributed by atoms with E-state index in [4.69, 9.17) is 11.6 Å². The highest BCUT2D eigenvalue weighted by molar-refractivity contribution is 7.11. The zero-order chi connectivity index (χ0) is 10.7. The topological polar surface area (TPSA) is 53.4 Å². The number of hydrogen-bond donors (Lipinski definition) is 2. The van der Waals surface area contributed by atoms with E-state index < -0.39 is 12.2 Å². The highest BCUT2D eigenvalue weighted by atomic mass is 35.5. The first-order chi connectivity index (χ1) is 6.56. The summed E-state index contributed by atoms with van der Waals surface area (Å²) < 4.78 is 0. The second-order valence-electron chi connectivity index (χ2n) is 3.18. The van der Waals surface area contributed by atoms with Crippen LogP contribution in [0.4, 0.5) is 0 Å². The van der Waals surface area contributed by atoms with E-state index in [-0.39, 0.29) is 0 Å². The first-order valence-corrected chi connectivity index (χ1v) is 5.77. The molecule has 1 aromatic rings. The maximum atomic E-state index is 9.70. The van der Waals surface area contributed by atoms with Crippen LogP contribution in [-0.4, -0.2) is 27.2 Å². The maximum Gasteiger partial charge on any atom is 0.131 e. The van der Waals surface area contributed by atoms with Gasteiger partial charge in [0.2, 0.25) is 0 Å². The lowest BCUT2D eigenvalue weighted by molar-refractivity contribution is 0.0168. The van der Waals surface area contributed by atoms with Gasteiger partial charge in [0, 0.05) is 10.8 Å². The number of aliphatic hydroxyl groups is 2. The van der Waals surface area contributed by atoms with E-state index in [0.29, 0.717) is 17.3 Å². The van der Waals surface area contributed by atoms with Gasteiger partial charge in [-0.25, -0.2) is 4.98 Å². The Kier molecular flexibility index (Phi) is 4.31. The van der Waals surface area contributed by atoms with Crippen molar-refractivity contribution in [1.82, 2.24) is 4.98 Å². The Labute approximate surface area is 92.4 Å². The molecule has 1 rings (SSSR count). The average Bonchev–Trinajstić information content (AvgIpc) is 2.46. The van der Waals surface area contributed by atoms with Crippen LogP contribution >= 0.6 is 22.9 Å². The van der Waals surface area contributed by atoms with Crippen molar-refractivity contribution >= 4 is 22.9 Å². The van der Waals surface area contributed by atoms with Crippen LogP contribution in [0.1, 0.15) is 28.1 Å². The van der Waals surface area contributed by atoms with Crippen LogP contribution in [0.2, 0.25) is 0 Å². The summed E-state index contributed by atoms with van der Waals surface area (Å²) in [6.45, 7) is 3.83. The summed E-state index contributed by atoms with van der Waals surface area (Å²) in [7, 11) is 0. The molecule has 2 N–H and O–H groups in total. The van der Waals surface area contributed by atoms with E-state index in [1.54, 1.807) is 0 Å². The van der Waals surface area contributed by atoms with E-state index in [9.17, 15) is 10.2 Å². The van der Waals surface area contributed by atoms with Crippen molar-refractivity contribution < 1.29 is 10.2 Å². The molecule has 3 nitrogen and oxygen atoms in total. The van der Waals surface area contributed by atoms with Crippen LogP contribution in [-0.2, 0) is 0 Å². The Morgan fingerprint density at radius 2 is 2.07 bits per heavy atom. The molecule has 1 heterocycles. The van der Waals surface area contributed by atoms with Gasteiger partial charge >= 0.3 is 0 Å². The second-order valence-corrected chi connectivity index (χ2v) is 4.80. The summed E-state index contributed by atoms with van der Waals surface area (Å²) in [5.41, 5.74) is 0.905. The van der Waals surface area contributed by atoms with Gasteiger partial charge in [-0.2, -0.15) is 0 Å². The Morgan fingerprint density at radius 1 is 1.43 bits per heavy atom. The molecular formula is C9H14ClNO2S. The summed E-state index contributed by atoms with van der Waals surface area (Å²) in [5, 5.41) is 19.8. The van der Waals surface area contributed by atoms with Crippen LogP contribution in [0.25, 0.3) is 0 Å². The fourth-order valence-corrected chi connectivity index (χ4v) is 2.25. The number of alkyl halides is 1. The quantitative estimate of drug-likeness (QED) is 0.783. The van der Waals surface area contributed by atoms with E-state index >= 15 is 0 Å². The minimum absolute atomic E-state index is 0.335. The predicted molar refractivity (Wildman–Crippen MR) is 57.9 cm³/mol. The van der Waals surface area contributed by atoms with Crippen LogP contribution in [0.3, 0.4) is 0 Å². The maximum absolute atomic E-state index is 9.70. The zero-order valence-corrected chi connectivity index (χ0v) is 9.77. The third-order valence-corrected chi connectivity index (χ3v) is 3.43. The van der Waals surface area contributed by atoms with Crippen molar-refractivity contribution in [3.8, 4) is 0 Å². The molecule has 0 fully saturated rings. The Balaban J connectivity index is 2.73. The van der Waals surface area contributed by atoms with Crippen LogP contribution in [0.15, 0.2) is 0 Å². The highest BCUT2D eigenvalue weighted by Gasteiger charge is 2.21. The summed E-state index contributed by atoms with van der Waals surface area (Å²) >= 11 is 6.89. The molecule has 2 atom stereocenters. The number of halogens is 1. The van der Waals surface area contributed by atoms with Crippen LogP contribution < -0.4 is 0 Å². The van der Waals surface area contributed by atoms with Gasteiger partial charge in [-0.3, -0.25) is 0 Å². The molecule has 0 amide bonds. The van der Waals surface area contributed by atoms with E-state index in [1.165, 1.54) is 11.3 Å². The Morgan fingerprint density at radius 3 is 2.50 bits per heavy atom. The molecule has 0 bridgehead atoms. The van der Waals surface area contributed by atoms with Gasteiger partial charge in [-0.05, 0) is 20.3 Å². The molecule has 80 valence electrons. The lowest BCUT2D eigenvalue weighted by Gasteiger charge is -2.13. The van der Waals surface area contributed by atoms with Crippen molar-refractivity contribution in [2.24, 2.45) is 0 Å². The third-order valence-electron chi connectivity index (χ3n) is 2.07. The minimum Gasteiger partial charge on any atom is -0.390 e. The average molecular weight is 236 g/mol. The first-order valence-electron chi connectivity index (χ1n) is 4.42. The molecule has 1 aromatic heterocycles. The predicted octanol–water partition coefficient (Wildman–Crippen LogP) is 1.78. The van der Waals surface area contributed by atoms with Crippen molar-refractivity contribution in [1.29, 1.82) is 0 Å². The highest BCUT2D eigenvalue weighted by Crippen LogP contribution is 2.26. The largest absolute Gasteiger partial charge is 0.390 e. The normalized spacial score (nSPS) is 15.5. The summed E-state index contributed by atoms with van der Waals surface area (Å²) in [6, 6.07) is 0. The molecular weight excluding hydrogens is 222 g/mol. The minimum atomic E-state index is -0.911. The van der Waals surface area contributed by atoms with Crippen molar-refractivity contribution in [2.75, 3.05) is 5.88 Å². The van der Waals surface area contributed by atoms with Gasteiger partial charge < -0.3 is 10.2 Å². The lowest BCUT2D eigenvalue weighted by Crippen LogP contribution is -2.18. The molecule has 0 saturated heterocycles. The van der Waals surface area contributed by atoms with Crippen LogP contribution in [0.5, 0.6) is 0 Å². The second kappa shape index (κ2) is 5.07. The molecule has 0 aliphatic carbocycles. The van der Waals surface area contributed by atoms with Gasteiger partial charge in [0.1, 0.15) is 11.1 Å². The van der Waals surface area contributed by atoms with E-state index in [2.05, 4.69) is 4.98 Å². The standard InChI is InChI=1S/C9H14ClNO2S/c1-5-6(2)14-9(11-5)8(13)7(12)3-4-10/h7-8,12-13H,3-4H2,1-2H3. The van der Waals surface area contributed by atoms with Gasteiger partial charge in [-0.1, -0.05) is 0 Å². The number of aryl methyl sites for hydroxylation is 2. The molecule has 0 aliphatic rings. The number of thiazole rings is 1. The molecule has 2 unspecified atom stereocenters. The van der Waals surface area contributed by atoms with Gasteiger partial charge in [0.15, 0.2) is 0 Å². The number of aliphatic hydroxyl groups excluding tert-OH is 2. The molecule has 0 aliphatic heterocycles. The summed E-state index contributed by atoms with van der Waals surface area (Å²) in [5.74, 6) is 0.335.